The van der Waals surface area contributed by atoms with Gasteiger partial charge in [0.1, 0.15) is 5.82 Å². The summed E-state index contributed by atoms with van der Waals surface area (Å²) in [6.07, 6.45) is 0. The molecule has 2 aromatic rings. The zero-order chi connectivity index (χ0) is 10.3. The van der Waals surface area contributed by atoms with Gasteiger partial charge in [0.25, 0.3) is 0 Å². The molecule has 0 aliphatic rings. The smallest absolute Gasteiger partial charge is 0.423 e. The average molecular weight is 322 g/mol. The summed E-state index contributed by atoms with van der Waals surface area (Å²) >= 11 is 3.41. The Morgan fingerprint density at radius 3 is 2.71 bits per heavy atom. The Bertz CT molecular complexity index is 485. The maximum absolute atomic E-state index is 13.4. The van der Waals surface area contributed by atoms with E-state index in [1.165, 1.54) is 17.4 Å². The normalized spacial score (nSPS) is 10.9. The first kappa shape index (κ1) is 10.3. The molecule has 0 spiro atoms. The van der Waals surface area contributed by atoms with Crippen molar-refractivity contribution in [2.45, 2.75) is 0 Å². The van der Waals surface area contributed by atoms with Crippen LogP contribution in [0, 0.1) is 9.39 Å². The third-order valence-electron chi connectivity index (χ3n) is 1.93. The second kappa shape index (κ2) is 3.76. The van der Waals surface area contributed by atoms with Crippen LogP contribution in [-0.2, 0) is 0 Å². The van der Waals surface area contributed by atoms with Crippen molar-refractivity contribution in [2.24, 2.45) is 0 Å². The summed E-state index contributed by atoms with van der Waals surface area (Å²) in [5.41, 5.74) is 0.237. The van der Waals surface area contributed by atoms with E-state index in [1.54, 1.807) is 11.4 Å². The lowest BCUT2D eigenvalue weighted by molar-refractivity contribution is 0.426. The van der Waals surface area contributed by atoms with Crippen LogP contribution in [0.4, 0.5) is 4.39 Å². The van der Waals surface area contributed by atoms with E-state index in [4.69, 9.17) is 10.0 Å². The minimum absolute atomic E-state index is 0.237. The Labute approximate surface area is 97.7 Å². The molecule has 0 saturated heterocycles. The summed E-state index contributed by atoms with van der Waals surface area (Å²) in [4.78, 5) is 0. The molecule has 0 radical (unpaired) electrons. The molecule has 0 amide bonds. The molecule has 0 aliphatic heterocycles. The number of benzene rings is 1. The van der Waals surface area contributed by atoms with Gasteiger partial charge in [-0.1, -0.05) is 0 Å². The standard InChI is InChI=1S/C8H5BFIO2S/c10-5-1-2-6(11)8-7(5)4(3-14-8)9(12)13/h1-3,12-13H. The van der Waals surface area contributed by atoms with Gasteiger partial charge in [-0.2, -0.15) is 0 Å². The van der Waals surface area contributed by atoms with Crippen LogP contribution in [0.3, 0.4) is 0 Å². The molecule has 2 nitrogen and oxygen atoms in total. The third kappa shape index (κ3) is 1.56. The second-order valence-electron chi connectivity index (χ2n) is 2.80. The minimum atomic E-state index is -1.61. The molecule has 1 heterocycles. The fourth-order valence-electron chi connectivity index (χ4n) is 1.29. The van der Waals surface area contributed by atoms with Crippen molar-refractivity contribution >= 4 is 56.6 Å². The number of rotatable bonds is 1. The summed E-state index contributed by atoms with van der Waals surface area (Å²) in [6.45, 7) is 0. The second-order valence-corrected chi connectivity index (χ2v) is 4.84. The highest BCUT2D eigenvalue weighted by Gasteiger charge is 2.20. The van der Waals surface area contributed by atoms with Crippen molar-refractivity contribution in [1.29, 1.82) is 0 Å². The molecule has 0 fully saturated rings. The highest BCUT2D eigenvalue weighted by Crippen LogP contribution is 2.27. The van der Waals surface area contributed by atoms with Gasteiger partial charge in [0.05, 0.1) is 4.70 Å². The van der Waals surface area contributed by atoms with Crippen molar-refractivity contribution in [3.05, 3.63) is 26.9 Å². The summed E-state index contributed by atoms with van der Waals surface area (Å²) in [5.74, 6) is -0.412. The Morgan fingerprint density at radius 1 is 1.36 bits per heavy atom. The Kier molecular flexibility index (Phi) is 2.78. The topological polar surface area (TPSA) is 40.5 Å². The van der Waals surface area contributed by atoms with Crippen LogP contribution >= 0.6 is 33.9 Å². The van der Waals surface area contributed by atoms with Crippen LogP contribution in [0.5, 0.6) is 0 Å². The Balaban J connectivity index is 2.84. The zero-order valence-electron chi connectivity index (χ0n) is 6.87. The number of hydrogen-bond donors (Lipinski definition) is 2. The molecular formula is C8H5BFIO2S. The molecule has 72 valence electrons. The molecule has 0 unspecified atom stereocenters. The maximum Gasteiger partial charge on any atom is 0.490 e. The predicted octanol–water partition coefficient (Wildman–Crippen LogP) is 1.32. The van der Waals surface area contributed by atoms with Crippen molar-refractivity contribution in [3.8, 4) is 0 Å². The van der Waals surface area contributed by atoms with Crippen molar-refractivity contribution < 1.29 is 14.4 Å². The first-order valence-corrected chi connectivity index (χ1v) is 5.78. The van der Waals surface area contributed by atoms with Gasteiger partial charge in [-0.25, -0.2) is 4.39 Å². The SMILES string of the molecule is OB(O)c1csc2c(I)ccc(F)c12. The van der Waals surface area contributed by atoms with Crippen LogP contribution in [0.15, 0.2) is 17.5 Å². The zero-order valence-corrected chi connectivity index (χ0v) is 9.84. The molecule has 0 bridgehead atoms. The fraction of sp³-hybridized carbons (Fsp3) is 0. The number of thiophene rings is 1. The Hall–Kier alpha value is -0.175. The van der Waals surface area contributed by atoms with Gasteiger partial charge in [-0.15, -0.1) is 11.3 Å². The van der Waals surface area contributed by atoms with E-state index in [0.717, 1.165) is 8.27 Å². The summed E-state index contributed by atoms with van der Waals surface area (Å²) in [5, 5.41) is 19.9. The van der Waals surface area contributed by atoms with Crippen molar-refractivity contribution in [2.75, 3.05) is 0 Å². The lowest BCUT2D eigenvalue weighted by Crippen LogP contribution is -2.29. The number of halogens is 2. The van der Waals surface area contributed by atoms with Crippen molar-refractivity contribution in [1.82, 2.24) is 0 Å². The van der Waals surface area contributed by atoms with Gasteiger partial charge in [0.2, 0.25) is 0 Å². The average Bonchev–Trinajstić information content (AvgIpc) is 2.56. The molecule has 0 aliphatic carbocycles. The van der Waals surface area contributed by atoms with E-state index < -0.39 is 12.9 Å². The van der Waals surface area contributed by atoms with Crippen LogP contribution < -0.4 is 5.46 Å². The monoisotopic (exact) mass is 322 g/mol. The van der Waals surface area contributed by atoms with Gasteiger partial charge in [0, 0.05) is 14.4 Å². The van der Waals surface area contributed by atoms with Crippen LogP contribution in [0.1, 0.15) is 0 Å². The van der Waals surface area contributed by atoms with E-state index in [1.807, 2.05) is 0 Å². The third-order valence-corrected chi connectivity index (χ3v) is 4.23. The molecule has 1 aromatic carbocycles. The van der Waals surface area contributed by atoms with E-state index in [2.05, 4.69) is 22.6 Å². The van der Waals surface area contributed by atoms with Crippen LogP contribution in [0.25, 0.3) is 10.1 Å². The summed E-state index contributed by atoms with van der Waals surface area (Å²) in [6, 6.07) is 3.00. The van der Waals surface area contributed by atoms with Crippen LogP contribution in [-0.4, -0.2) is 17.2 Å². The van der Waals surface area contributed by atoms with E-state index >= 15 is 0 Å². The largest absolute Gasteiger partial charge is 0.490 e. The van der Waals surface area contributed by atoms with Gasteiger partial charge < -0.3 is 10.0 Å². The fourth-order valence-corrected chi connectivity index (χ4v) is 3.12. The number of hydrogen-bond acceptors (Lipinski definition) is 3. The molecule has 6 heteroatoms. The summed E-state index contributed by atoms with van der Waals surface area (Å²) < 4.78 is 15.1. The lowest BCUT2D eigenvalue weighted by atomic mass is 9.80. The van der Waals surface area contributed by atoms with Crippen LogP contribution in [0.2, 0.25) is 0 Å². The van der Waals surface area contributed by atoms with E-state index in [-0.39, 0.29) is 5.46 Å². The molecule has 14 heavy (non-hydrogen) atoms. The highest BCUT2D eigenvalue weighted by atomic mass is 127. The quantitative estimate of drug-likeness (QED) is 0.614. The van der Waals surface area contributed by atoms with Gasteiger partial charge in [-0.05, 0) is 40.1 Å². The maximum atomic E-state index is 13.4. The van der Waals surface area contributed by atoms with E-state index in [9.17, 15) is 4.39 Å². The van der Waals surface area contributed by atoms with Crippen molar-refractivity contribution in [3.63, 3.8) is 0 Å². The highest BCUT2D eigenvalue weighted by molar-refractivity contribution is 14.1. The predicted molar refractivity (Wildman–Crippen MR) is 64.3 cm³/mol. The van der Waals surface area contributed by atoms with E-state index in [0.29, 0.717) is 5.39 Å². The minimum Gasteiger partial charge on any atom is -0.423 e. The molecule has 2 rings (SSSR count). The summed E-state index contributed by atoms with van der Waals surface area (Å²) in [7, 11) is -1.61. The first-order chi connectivity index (χ1) is 6.61. The first-order valence-electron chi connectivity index (χ1n) is 3.82. The van der Waals surface area contributed by atoms with Gasteiger partial charge in [0.15, 0.2) is 0 Å². The molecular weight excluding hydrogens is 317 g/mol. The number of fused-ring (bicyclic) bond motifs is 1. The van der Waals surface area contributed by atoms with Gasteiger partial charge >= 0.3 is 7.12 Å². The molecule has 0 atom stereocenters. The van der Waals surface area contributed by atoms with Gasteiger partial charge in [-0.3, -0.25) is 0 Å². The lowest BCUT2D eigenvalue weighted by Gasteiger charge is -1.99. The molecule has 0 saturated carbocycles. The Morgan fingerprint density at radius 2 is 2.07 bits per heavy atom. The molecule has 1 aromatic heterocycles. The molecule has 2 N–H and O–H groups in total.